The van der Waals surface area contributed by atoms with E-state index in [1.807, 2.05) is 17.8 Å². The molecule has 1 aromatic carbocycles. The Morgan fingerprint density at radius 1 is 1.47 bits per heavy atom. The second-order valence-corrected chi connectivity index (χ2v) is 6.16. The van der Waals surface area contributed by atoms with Crippen molar-refractivity contribution < 1.29 is 4.79 Å². The van der Waals surface area contributed by atoms with Gasteiger partial charge < -0.3 is 16.4 Å². The first-order chi connectivity index (χ1) is 9.20. The first-order valence-corrected chi connectivity index (χ1v) is 7.72. The molecule has 1 saturated heterocycles. The van der Waals surface area contributed by atoms with E-state index < -0.39 is 0 Å². The van der Waals surface area contributed by atoms with Gasteiger partial charge in [0.05, 0.1) is 5.56 Å². The number of rotatable bonds is 4. The molecule has 0 bridgehead atoms. The van der Waals surface area contributed by atoms with E-state index in [2.05, 4.69) is 10.6 Å². The molecule has 4 N–H and O–H groups in total. The van der Waals surface area contributed by atoms with Crippen LogP contribution >= 0.6 is 11.8 Å². The second-order valence-electron chi connectivity index (χ2n) is 4.75. The molecule has 4 nitrogen and oxygen atoms in total. The van der Waals surface area contributed by atoms with Crippen molar-refractivity contribution in [1.82, 2.24) is 5.32 Å². The summed E-state index contributed by atoms with van der Waals surface area (Å²) >= 11 is 2.01. The van der Waals surface area contributed by atoms with Crippen LogP contribution in [0.15, 0.2) is 18.2 Å². The van der Waals surface area contributed by atoms with E-state index in [-0.39, 0.29) is 5.91 Å². The summed E-state index contributed by atoms with van der Waals surface area (Å²) in [6, 6.07) is 5.35. The van der Waals surface area contributed by atoms with Crippen LogP contribution in [0.2, 0.25) is 0 Å². The molecule has 0 saturated carbocycles. The van der Waals surface area contributed by atoms with Crippen LogP contribution in [0, 0.1) is 0 Å². The molecule has 1 aromatic rings. The summed E-state index contributed by atoms with van der Waals surface area (Å²) in [5.74, 6) is 1.16. The molecule has 1 unspecified atom stereocenters. The standard InChI is InChI=1S/C14H21N3OS/c1-16-14(18)12-6-5-10(15)8-13(12)17-9-11-4-2-3-7-19-11/h5-6,8,11,17H,2-4,7,9,15H2,1H3,(H,16,18). The summed E-state index contributed by atoms with van der Waals surface area (Å²) in [6.07, 6.45) is 3.87. The molecule has 1 aliphatic rings. The Morgan fingerprint density at radius 3 is 3.00 bits per heavy atom. The van der Waals surface area contributed by atoms with Crippen molar-refractivity contribution in [2.45, 2.75) is 24.5 Å². The molecule has 104 valence electrons. The fourth-order valence-corrected chi connectivity index (χ4v) is 3.47. The average molecular weight is 279 g/mol. The third kappa shape index (κ3) is 3.80. The van der Waals surface area contributed by atoms with Crippen LogP contribution < -0.4 is 16.4 Å². The molecule has 5 heteroatoms. The minimum absolute atomic E-state index is 0.0844. The molecule has 0 aliphatic carbocycles. The SMILES string of the molecule is CNC(=O)c1ccc(N)cc1NCC1CCCCS1. The number of hydrogen-bond donors (Lipinski definition) is 3. The van der Waals surface area contributed by atoms with Crippen LogP contribution in [0.1, 0.15) is 29.6 Å². The molecule has 1 aliphatic heterocycles. The number of benzene rings is 1. The topological polar surface area (TPSA) is 67.2 Å². The molecule has 1 fully saturated rings. The number of carbonyl (C=O) groups excluding carboxylic acids is 1. The number of hydrogen-bond acceptors (Lipinski definition) is 4. The Kier molecular flexibility index (Phi) is 4.96. The largest absolute Gasteiger partial charge is 0.399 e. The molecule has 19 heavy (non-hydrogen) atoms. The number of nitrogens with two attached hydrogens (primary N) is 1. The molecule has 0 aromatic heterocycles. The summed E-state index contributed by atoms with van der Waals surface area (Å²) < 4.78 is 0. The van der Waals surface area contributed by atoms with Gasteiger partial charge in [0.25, 0.3) is 5.91 Å². The van der Waals surface area contributed by atoms with Gasteiger partial charge in [0.2, 0.25) is 0 Å². The zero-order valence-corrected chi connectivity index (χ0v) is 12.1. The highest BCUT2D eigenvalue weighted by Gasteiger charge is 2.15. The quantitative estimate of drug-likeness (QED) is 0.740. The lowest BCUT2D eigenvalue weighted by molar-refractivity contribution is 0.0964. The zero-order valence-electron chi connectivity index (χ0n) is 11.2. The molecule has 1 amide bonds. The lowest BCUT2D eigenvalue weighted by atomic mass is 10.1. The maximum Gasteiger partial charge on any atom is 0.253 e. The molecule has 0 spiro atoms. The molecular weight excluding hydrogens is 258 g/mol. The first-order valence-electron chi connectivity index (χ1n) is 6.68. The predicted octanol–water partition coefficient (Wildman–Crippen LogP) is 2.33. The highest BCUT2D eigenvalue weighted by atomic mass is 32.2. The van der Waals surface area contributed by atoms with Crippen molar-refractivity contribution in [1.29, 1.82) is 0 Å². The molecular formula is C14H21N3OS. The van der Waals surface area contributed by atoms with E-state index in [0.29, 0.717) is 16.5 Å². The third-order valence-corrected chi connectivity index (χ3v) is 4.71. The van der Waals surface area contributed by atoms with E-state index in [0.717, 1.165) is 12.2 Å². The number of amides is 1. The van der Waals surface area contributed by atoms with Crippen molar-refractivity contribution in [3.05, 3.63) is 23.8 Å². The zero-order chi connectivity index (χ0) is 13.7. The molecule has 1 atom stereocenters. The van der Waals surface area contributed by atoms with E-state index in [1.54, 1.807) is 19.2 Å². The lowest BCUT2D eigenvalue weighted by Gasteiger charge is -2.22. The van der Waals surface area contributed by atoms with E-state index in [4.69, 9.17) is 5.73 Å². The number of nitrogens with one attached hydrogen (secondary N) is 2. The van der Waals surface area contributed by atoms with Gasteiger partial charge in [-0.05, 0) is 36.8 Å². The van der Waals surface area contributed by atoms with Crippen LogP contribution in [0.4, 0.5) is 11.4 Å². The van der Waals surface area contributed by atoms with Gasteiger partial charge in [0.15, 0.2) is 0 Å². The third-order valence-electron chi connectivity index (χ3n) is 3.31. The van der Waals surface area contributed by atoms with Gasteiger partial charge >= 0.3 is 0 Å². The fraction of sp³-hybridized carbons (Fsp3) is 0.500. The maximum absolute atomic E-state index is 11.8. The van der Waals surface area contributed by atoms with Crippen molar-refractivity contribution in [3.63, 3.8) is 0 Å². The highest BCUT2D eigenvalue weighted by molar-refractivity contribution is 7.99. The summed E-state index contributed by atoms with van der Waals surface area (Å²) in [4.78, 5) is 11.8. The average Bonchev–Trinajstić information content (AvgIpc) is 2.45. The second kappa shape index (κ2) is 6.70. The summed E-state index contributed by atoms with van der Waals surface area (Å²) in [7, 11) is 1.64. The van der Waals surface area contributed by atoms with Gasteiger partial charge in [-0.2, -0.15) is 11.8 Å². The monoisotopic (exact) mass is 279 g/mol. The van der Waals surface area contributed by atoms with E-state index in [9.17, 15) is 4.79 Å². The van der Waals surface area contributed by atoms with Crippen LogP contribution in [-0.4, -0.2) is 30.5 Å². The summed E-state index contributed by atoms with van der Waals surface area (Å²) in [5.41, 5.74) is 7.95. The Hall–Kier alpha value is -1.36. The van der Waals surface area contributed by atoms with Crippen LogP contribution in [0.5, 0.6) is 0 Å². The number of anilines is 2. The van der Waals surface area contributed by atoms with Crippen molar-refractivity contribution in [2.75, 3.05) is 30.4 Å². The maximum atomic E-state index is 11.8. The van der Waals surface area contributed by atoms with Gasteiger partial charge in [0, 0.05) is 30.2 Å². The Labute approximate surface area is 118 Å². The highest BCUT2D eigenvalue weighted by Crippen LogP contribution is 2.26. The van der Waals surface area contributed by atoms with Crippen LogP contribution in [-0.2, 0) is 0 Å². The van der Waals surface area contributed by atoms with Crippen LogP contribution in [0.3, 0.4) is 0 Å². The first kappa shape index (κ1) is 14.1. The van der Waals surface area contributed by atoms with Crippen molar-refractivity contribution in [2.24, 2.45) is 0 Å². The minimum Gasteiger partial charge on any atom is -0.399 e. The summed E-state index contributed by atoms with van der Waals surface area (Å²) in [5, 5.41) is 6.66. The van der Waals surface area contributed by atoms with Gasteiger partial charge in [-0.25, -0.2) is 0 Å². The normalized spacial score (nSPS) is 18.9. The summed E-state index contributed by atoms with van der Waals surface area (Å²) in [6.45, 7) is 0.887. The lowest BCUT2D eigenvalue weighted by Crippen LogP contribution is -2.23. The van der Waals surface area contributed by atoms with E-state index in [1.165, 1.54) is 25.0 Å². The van der Waals surface area contributed by atoms with Crippen molar-refractivity contribution >= 4 is 29.0 Å². The van der Waals surface area contributed by atoms with Gasteiger partial charge in [0.1, 0.15) is 0 Å². The van der Waals surface area contributed by atoms with Crippen LogP contribution in [0.25, 0.3) is 0 Å². The van der Waals surface area contributed by atoms with Gasteiger partial charge in [-0.3, -0.25) is 4.79 Å². The number of nitrogen functional groups attached to an aromatic ring is 1. The molecule has 1 heterocycles. The van der Waals surface area contributed by atoms with Gasteiger partial charge in [-0.15, -0.1) is 0 Å². The number of thioether (sulfide) groups is 1. The van der Waals surface area contributed by atoms with E-state index >= 15 is 0 Å². The Bertz CT molecular complexity index is 444. The Morgan fingerprint density at radius 2 is 2.32 bits per heavy atom. The predicted molar refractivity (Wildman–Crippen MR) is 82.8 cm³/mol. The van der Waals surface area contributed by atoms with Crippen molar-refractivity contribution in [3.8, 4) is 0 Å². The Balaban J connectivity index is 2.05. The fourth-order valence-electron chi connectivity index (χ4n) is 2.23. The molecule has 2 rings (SSSR count). The van der Waals surface area contributed by atoms with Gasteiger partial charge in [-0.1, -0.05) is 6.42 Å². The molecule has 0 radical (unpaired) electrons. The number of carbonyl (C=O) groups is 1. The minimum atomic E-state index is -0.0844. The smallest absolute Gasteiger partial charge is 0.253 e.